The SMILES string of the molecule is CN=C(NCCCCCCCN(C)C)Nc1ccc2c(c1)OCCCO2. The van der Waals surface area contributed by atoms with Crippen LogP contribution in [0.4, 0.5) is 5.69 Å². The molecule has 1 heterocycles. The van der Waals surface area contributed by atoms with E-state index in [1.807, 2.05) is 18.2 Å². The molecule has 0 spiro atoms. The van der Waals surface area contributed by atoms with E-state index in [0.29, 0.717) is 13.2 Å². The summed E-state index contributed by atoms with van der Waals surface area (Å²) in [5, 5.41) is 6.70. The van der Waals surface area contributed by atoms with Crippen molar-refractivity contribution in [3.63, 3.8) is 0 Å². The van der Waals surface area contributed by atoms with E-state index >= 15 is 0 Å². The smallest absolute Gasteiger partial charge is 0.195 e. The molecule has 0 saturated carbocycles. The molecule has 0 aromatic heterocycles. The first-order valence-corrected chi connectivity index (χ1v) is 9.71. The molecule has 6 heteroatoms. The second-order valence-corrected chi connectivity index (χ2v) is 6.91. The van der Waals surface area contributed by atoms with Gasteiger partial charge in [-0.2, -0.15) is 0 Å². The van der Waals surface area contributed by atoms with E-state index in [4.69, 9.17) is 9.47 Å². The molecule has 146 valence electrons. The van der Waals surface area contributed by atoms with Gasteiger partial charge in [-0.15, -0.1) is 0 Å². The van der Waals surface area contributed by atoms with Crippen LogP contribution in [0, 0.1) is 0 Å². The summed E-state index contributed by atoms with van der Waals surface area (Å²) >= 11 is 0. The monoisotopic (exact) mass is 362 g/mol. The fourth-order valence-electron chi connectivity index (χ4n) is 2.85. The maximum Gasteiger partial charge on any atom is 0.195 e. The Bertz CT molecular complexity index is 561. The van der Waals surface area contributed by atoms with E-state index < -0.39 is 0 Å². The van der Waals surface area contributed by atoms with Gasteiger partial charge in [0.25, 0.3) is 0 Å². The van der Waals surface area contributed by atoms with Gasteiger partial charge in [0.15, 0.2) is 17.5 Å². The highest BCUT2D eigenvalue weighted by molar-refractivity contribution is 5.93. The normalized spacial score (nSPS) is 14.2. The van der Waals surface area contributed by atoms with Gasteiger partial charge in [0, 0.05) is 31.8 Å². The highest BCUT2D eigenvalue weighted by Gasteiger charge is 2.11. The van der Waals surface area contributed by atoms with Gasteiger partial charge in [-0.05, 0) is 45.6 Å². The third-order valence-electron chi connectivity index (χ3n) is 4.31. The van der Waals surface area contributed by atoms with Gasteiger partial charge in [0.1, 0.15) is 0 Å². The number of anilines is 1. The first kappa shape index (κ1) is 20.4. The van der Waals surface area contributed by atoms with Gasteiger partial charge >= 0.3 is 0 Å². The second-order valence-electron chi connectivity index (χ2n) is 6.91. The van der Waals surface area contributed by atoms with E-state index in [0.717, 1.165) is 42.5 Å². The van der Waals surface area contributed by atoms with Crippen LogP contribution >= 0.6 is 0 Å². The summed E-state index contributed by atoms with van der Waals surface area (Å²) in [6.45, 7) is 3.51. The second kappa shape index (κ2) is 11.6. The topological polar surface area (TPSA) is 58.1 Å². The van der Waals surface area contributed by atoms with E-state index in [9.17, 15) is 0 Å². The molecule has 1 aromatic rings. The summed E-state index contributed by atoms with van der Waals surface area (Å²) in [4.78, 5) is 6.54. The number of hydrogen-bond acceptors (Lipinski definition) is 4. The first-order valence-electron chi connectivity index (χ1n) is 9.71. The van der Waals surface area contributed by atoms with E-state index in [2.05, 4.69) is 34.6 Å². The number of nitrogens with zero attached hydrogens (tertiary/aromatic N) is 2. The number of rotatable bonds is 9. The Morgan fingerprint density at radius 1 is 1.04 bits per heavy atom. The van der Waals surface area contributed by atoms with Gasteiger partial charge in [0.05, 0.1) is 13.2 Å². The average molecular weight is 363 g/mol. The Kier molecular flexibility index (Phi) is 9.10. The number of unbranched alkanes of at least 4 members (excludes halogenated alkanes) is 4. The summed E-state index contributed by atoms with van der Waals surface area (Å²) in [6, 6.07) is 5.91. The Morgan fingerprint density at radius 3 is 2.54 bits per heavy atom. The van der Waals surface area contributed by atoms with Gasteiger partial charge < -0.3 is 25.0 Å². The molecular formula is C20H34N4O2. The predicted molar refractivity (Wildman–Crippen MR) is 109 cm³/mol. The molecule has 0 unspecified atom stereocenters. The predicted octanol–water partition coefficient (Wildman–Crippen LogP) is 3.35. The summed E-state index contributed by atoms with van der Waals surface area (Å²) in [7, 11) is 6.05. The van der Waals surface area contributed by atoms with Gasteiger partial charge in [-0.1, -0.05) is 19.3 Å². The molecule has 0 bridgehead atoms. The number of benzene rings is 1. The van der Waals surface area contributed by atoms with Crippen LogP contribution in [0.1, 0.15) is 38.5 Å². The largest absolute Gasteiger partial charge is 0.490 e. The molecule has 2 N–H and O–H groups in total. The summed E-state index contributed by atoms with van der Waals surface area (Å²) in [5.41, 5.74) is 0.950. The van der Waals surface area contributed by atoms with Crippen molar-refractivity contribution >= 4 is 11.6 Å². The van der Waals surface area contributed by atoms with Crippen molar-refractivity contribution in [2.45, 2.75) is 38.5 Å². The Hall–Kier alpha value is -1.95. The van der Waals surface area contributed by atoms with Crippen LogP contribution in [0.5, 0.6) is 11.5 Å². The van der Waals surface area contributed by atoms with E-state index in [1.54, 1.807) is 7.05 Å². The Labute approximate surface area is 158 Å². The van der Waals surface area contributed by atoms with Gasteiger partial charge in [-0.25, -0.2) is 0 Å². The summed E-state index contributed by atoms with van der Waals surface area (Å²) in [5.74, 6) is 2.39. The Morgan fingerprint density at radius 2 is 1.77 bits per heavy atom. The van der Waals surface area contributed by atoms with E-state index in [1.165, 1.54) is 32.2 Å². The fraction of sp³-hybridized carbons (Fsp3) is 0.650. The number of aliphatic imine (C=N–C) groups is 1. The number of nitrogens with one attached hydrogen (secondary N) is 2. The summed E-state index contributed by atoms with van der Waals surface area (Å²) < 4.78 is 11.4. The van der Waals surface area contributed by atoms with Crippen molar-refractivity contribution in [2.75, 3.05) is 52.8 Å². The molecule has 0 aliphatic carbocycles. The number of ether oxygens (including phenoxy) is 2. The third-order valence-corrected chi connectivity index (χ3v) is 4.31. The number of guanidine groups is 1. The third kappa shape index (κ3) is 7.52. The quantitative estimate of drug-likeness (QED) is 0.401. The molecule has 0 radical (unpaired) electrons. The van der Waals surface area contributed by atoms with Crippen molar-refractivity contribution in [3.05, 3.63) is 18.2 Å². The molecule has 0 saturated heterocycles. The van der Waals surface area contributed by atoms with Crippen molar-refractivity contribution in [1.82, 2.24) is 10.2 Å². The molecule has 2 rings (SSSR count). The average Bonchev–Trinajstić information content (AvgIpc) is 2.87. The van der Waals surface area contributed by atoms with Crippen LogP contribution in [0.3, 0.4) is 0 Å². The van der Waals surface area contributed by atoms with Crippen LogP contribution in [-0.4, -0.2) is 58.3 Å². The lowest BCUT2D eigenvalue weighted by molar-refractivity contribution is 0.297. The Balaban J connectivity index is 1.67. The standard InChI is InChI=1S/C20H34N4O2/c1-21-20(22-12-7-5-4-6-8-13-24(2)3)23-17-10-11-18-19(16-17)26-15-9-14-25-18/h10-11,16H,4-9,12-15H2,1-3H3,(H2,21,22,23). The zero-order chi connectivity index (χ0) is 18.6. The van der Waals surface area contributed by atoms with Crippen LogP contribution in [0.25, 0.3) is 0 Å². The maximum absolute atomic E-state index is 5.74. The van der Waals surface area contributed by atoms with E-state index in [-0.39, 0.29) is 0 Å². The molecular weight excluding hydrogens is 328 g/mol. The molecule has 0 fully saturated rings. The van der Waals surface area contributed by atoms with Crippen LogP contribution in [-0.2, 0) is 0 Å². The van der Waals surface area contributed by atoms with Gasteiger partial charge in [-0.3, -0.25) is 4.99 Å². The van der Waals surface area contributed by atoms with Gasteiger partial charge in [0.2, 0.25) is 0 Å². The minimum absolute atomic E-state index is 0.692. The molecule has 1 aliphatic rings. The maximum atomic E-state index is 5.74. The lowest BCUT2D eigenvalue weighted by atomic mass is 10.1. The highest BCUT2D eigenvalue weighted by atomic mass is 16.5. The van der Waals surface area contributed by atoms with Crippen molar-refractivity contribution in [2.24, 2.45) is 4.99 Å². The first-order chi connectivity index (χ1) is 12.7. The lowest BCUT2D eigenvalue weighted by Crippen LogP contribution is -2.31. The zero-order valence-corrected chi connectivity index (χ0v) is 16.5. The van der Waals surface area contributed by atoms with Crippen LogP contribution < -0.4 is 20.1 Å². The minimum atomic E-state index is 0.692. The molecule has 6 nitrogen and oxygen atoms in total. The minimum Gasteiger partial charge on any atom is -0.490 e. The number of fused-ring (bicyclic) bond motifs is 1. The fourth-order valence-corrected chi connectivity index (χ4v) is 2.85. The van der Waals surface area contributed by atoms with Crippen molar-refractivity contribution < 1.29 is 9.47 Å². The van der Waals surface area contributed by atoms with Crippen molar-refractivity contribution in [3.8, 4) is 11.5 Å². The molecule has 0 atom stereocenters. The zero-order valence-electron chi connectivity index (χ0n) is 16.5. The highest BCUT2D eigenvalue weighted by Crippen LogP contribution is 2.32. The molecule has 26 heavy (non-hydrogen) atoms. The summed E-state index contributed by atoms with van der Waals surface area (Å²) in [6.07, 6.45) is 7.21. The number of hydrogen-bond donors (Lipinski definition) is 2. The van der Waals surface area contributed by atoms with Crippen molar-refractivity contribution in [1.29, 1.82) is 0 Å². The lowest BCUT2D eigenvalue weighted by Gasteiger charge is -2.14. The molecule has 0 amide bonds. The van der Waals surface area contributed by atoms with Crippen LogP contribution in [0.2, 0.25) is 0 Å². The van der Waals surface area contributed by atoms with Crippen LogP contribution in [0.15, 0.2) is 23.2 Å². The molecule has 1 aromatic carbocycles. The molecule has 1 aliphatic heterocycles.